The van der Waals surface area contributed by atoms with Crippen molar-refractivity contribution in [3.63, 3.8) is 0 Å². The normalized spacial score (nSPS) is 18.5. The minimum absolute atomic E-state index is 0.0325. The number of nitrogens with zero attached hydrogens (tertiary/aromatic N) is 4. The van der Waals surface area contributed by atoms with Crippen LogP contribution in [0.25, 0.3) is 0 Å². The van der Waals surface area contributed by atoms with Crippen LogP contribution < -0.4 is 5.32 Å². The molecule has 0 spiro atoms. The number of Topliss-reactive ketones (excluding diaryl/α,β-unsaturated/α-hetero) is 3. The second-order valence-corrected chi connectivity index (χ2v) is 23.6. The van der Waals surface area contributed by atoms with Crippen molar-refractivity contribution in [3.8, 4) is 0 Å². The molecule has 2 heterocycles. The summed E-state index contributed by atoms with van der Waals surface area (Å²) in [6.07, 6.45) is 4.11. The first kappa shape index (κ1) is 66.8. The minimum Gasteiger partial charge on any atom is -0.481 e. The highest BCUT2D eigenvalue weighted by atomic mass is 32.2. The van der Waals surface area contributed by atoms with Gasteiger partial charge in [0.15, 0.2) is 11.6 Å². The summed E-state index contributed by atoms with van der Waals surface area (Å²) in [5, 5.41) is 12.9. The Labute approximate surface area is 479 Å². The molecule has 0 aliphatic carbocycles. The fourth-order valence-corrected chi connectivity index (χ4v) is 12.0. The summed E-state index contributed by atoms with van der Waals surface area (Å²) < 4.78 is 17.7. The Morgan fingerprint density at radius 1 is 0.812 bits per heavy atom. The zero-order chi connectivity index (χ0) is 59.4. The van der Waals surface area contributed by atoms with E-state index in [1.54, 1.807) is 48.0 Å². The zero-order valence-corrected chi connectivity index (χ0v) is 50.3. The molecule has 0 bridgehead atoms. The highest BCUT2D eigenvalue weighted by Gasteiger charge is 2.44. The van der Waals surface area contributed by atoms with Crippen LogP contribution in [0.3, 0.4) is 0 Å². The van der Waals surface area contributed by atoms with Crippen molar-refractivity contribution in [2.45, 2.75) is 168 Å². The first-order valence-corrected chi connectivity index (χ1v) is 29.8. The quantitative estimate of drug-likeness (QED) is 0.0488. The number of thioether (sulfide) groups is 1. The molecule has 0 radical (unpaired) electrons. The number of carbonyl (C=O) groups is 9. The van der Waals surface area contributed by atoms with Crippen molar-refractivity contribution in [3.05, 3.63) is 65.7 Å². The van der Waals surface area contributed by atoms with E-state index in [1.165, 1.54) is 42.8 Å². The Hall–Kier alpha value is -5.66. The molecule has 0 saturated carbocycles. The predicted molar refractivity (Wildman–Crippen MR) is 309 cm³/mol. The number of ketones is 3. The van der Waals surface area contributed by atoms with Crippen LogP contribution in [-0.4, -0.2) is 168 Å². The van der Waals surface area contributed by atoms with Crippen molar-refractivity contribution >= 4 is 70.5 Å². The molecule has 2 N–H and O–H groups in total. The summed E-state index contributed by atoms with van der Waals surface area (Å²) in [6, 6.07) is 14.4. The molecule has 5 amide bonds. The van der Waals surface area contributed by atoms with Gasteiger partial charge >= 0.3 is 12.1 Å². The molecule has 2 aromatic rings. The number of anilines is 1. The number of carboxylic acids is 1. The van der Waals surface area contributed by atoms with Gasteiger partial charge in [0, 0.05) is 84.6 Å². The number of nitrogens with one attached hydrogen (secondary N) is 1. The van der Waals surface area contributed by atoms with Crippen LogP contribution in [0.4, 0.5) is 10.5 Å². The number of unbranched alkanes of at least 4 members (excludes halogenated alkanes) is 2. The molecular formula is C61H91N5O13S. The van der Waals surface area contributed by atoms with E-state index in [-0.39, 0.29) is 109 Å². The van der Waals surface area contributed by atoms with Crippen LogP contribution in [-0.2, 0) is 65.6 Å². The fraction of sp³-hybridized carbons (Fsp3) is 0.656. The number of carboxylic acid groups (broad SMARTS) is 1. The van der Waals surface area contributed by atoms with E-state index in [1.807, 2.05) is 78.1 Å². The zero-order valence-electron chi connectivity index (χ0n) is 49.5. The van der Waals surface area contributed by atoms with E-state index in [9.17, 15) is 48.3 Å². The smallest absolute Gasteiger partial charge is 0.410 e. The van der Waals surface area contributed by atoms with Gasteiger partial charge in [-0.2, -0.15) is 11.8 Å². The molecule has 10 atom stereocenters. The topological polar surface area (TPSA) is 227 Å². The summed E-state index contributed by atoms with van der Waals surface area (Å²) in [5.74, 6) is -5.43. The SMILES string of the molecule is CC[C@H](C)[C@@H](C(CC(=O)N1CCC[C@H]1[C@H](OC)[C@@H](C)C(=O)C[C@@H](Cc1ccccc1)C(=O)O)OC)N(C)C(=O)[C@@H](CC(=O)[C@H](C(C)C)N(C)C(=O)OCc1ccc(NCC(=O)CCCCCN2C(=O)CC(SC)C2=O)cc1)C(C)C. The Balaban J connectivity index is 1.33. The molecule has 2 saturated heterocycles. The maximum atomic E-state index is 14.8. The Kier molecular flexibility index (Phi) is 27.3. The number of methoxy groups -OCH3 is 2. The minimum atomic E-state index is -1.05. The van der Waals surface area contributed by atoms with Gasteiger partial charge in [-0.3, -0.25) is 43.3 Å². The molecule has 80 heavy (non-hydrogen) atoms. The van der Waals surface area contributed by atoms with Crippen LogP contribution in [0.1, 0.15) is 130 Å². The van der Waals surface area contributed by atoms with Crippen LogP contribution in [0, 0.1) is 35.5 Å². The number of ether oxygens (including phenoxy) is 3. The first-order chi connectivity index (χ1) is 38.0. The average molecular weight is 1130 g/mol. The lowest BCUT2D eigenvalue weighted by molar-refractivity contribution is -0.149. The molecule has 2 aliphatic rings. The van der Waals surface area contributed by atoms with E-state index in [4.69, 9.17) is 14.2 Å². The highest BCUT2D eigenvalue weighted by Crippen LogP contribution is 2.32. The molecular weight excluding hydrogens is 1040 g/mol. The molecule has 4 rings (SSSR count). The van der Waals surface area contributed by atoms with Crippen LogP contribution in [0.15, 0.2) is 54.6 Å². The Morgan fingerprint density at radius 3 is 2.06 bits per heavy atom. The van der Waals surface area contributed by atoms with E-state index in [0.717, 1.165) is 12.0 Å². The van der Waals surface area contributed by atoms with E-state index in [0.29, 0.717) is 62.9 Å². The van der Waals surface area contributed by atoms with Gasteiger partial charge in [-0.25, -0.2) is 4.79 Å². The lowest BCUT2D eigenvalue weighted by atomic mass is 9.83. The number of benzene rings is 2. The lowest BCUT2D eigenvalue weighted by Gasteiger charge is -2.41. The Morgan fingerprint density at radius 2 is 1.49 bits per heavy atom. The van der Waals surface area contributed by atoms with E-state index in [2.05, 4.69) is 5.32 Å². The third-order valence-corrected chi connectivity index (χ3v) is 17.3. The number of hydrogen-bond donors (Lipinski definition) is 2. The first-order valence-electron chi connectivity index (χ1n) is 28.5. The van der Waals surface area contributed by atoms with Gasteiger partial charge in [0.05, 0.1) is 54.5 Å². The van der Waals surface area contributed by atoms with E-state index < -0.39 is 60.1 Å². The standard InChI is InChI=1S/C61H91N5O13S/c1-13-40(6)56(51(77-10)34-53(70)65-30-20-24-48(65)57(78-11)41(7)49(68)32-44(60(74)75)31-42-21-16-14-17-22-42)63(8)58(72)47(38(2)3)33-50(69)55(39(4)5)64(9)61(76)79-37-43-25-27-45(28-26-43)62-36-46(67)23-18-15-19-29-66-54(71)35-52(80-12)59(66)73/h14,16-17,21-22,25-28,38-41,44,47-48,51-52,55-57,62H,13,15,18-20,23-24,29-37H2,1-12H3,(H,74,75)/t40-,41-,44+,47-,48-,51?,52?,55-,56-,57+/m0/s1. The summed E-state index contributed by atoms with van der Waals surface area (Å²) in [6.45, 7) is 14.0. The van der Waals surface area contributed by atoms with Gasteiger partial charge in [0.2, 0.25) is 23.6 Å². The van der Waals surface area contributed by atoms with Crippen LogP contribution >= 0.6 is 11.8 Å². The molecule has 2 aliphatic heterocycles. The van der Waals surface area contributed by atoms with Crippen molar-refractivity contribution in [1.29, 1.82) is 0 Å². The van der Waals surface area contributed by atoms with Crippen molar-refractivity contribution < 1.29 is 62.5 Å². The number of rotatable bonds is 35. The van der Waals surface area contributed by atoms with Gasteiger partial charge in [-0.05, 0) is 79.4 Å². The molecule has 18 nitrogen and oxygen atoms in total. The van der Waals surface area contributed by atoms with Crippen molar-refractivity contribution in [2.24, 2.45) is 35.5 Å². The molecule has 19 heteroatoms. The van der Waals surface area contributed by atoms with Crippen LogP contribution in [0.2, 0.25) is 0 Å². The van der Waals surface area contributed by atoms with Gasteiger partial charge in [-0.15, -0.1) is 0 Å². The van der Waals surface area contributed by atoms with Gasteiger partial charge in [0.1, 0.15) is 12.4 Å². The second-order valence-electron chi connectivity index (χ2n) is 22.6. The predicted octanol–water partition coefficient (Wildman–Crippen LogP) is 8.37. The largest absolute Gasteiger partial charge is 0.481 e. The van der Waals surface area contributed by atoms with Crippen LogP contribution in [0.5, 0.6) is 0 Å². The maximum absolute atomic E-state index is 14.8. The lowest BCUT2D eigenvalue weighted by Crippen LogP contribution is -2.54. The number of carbonyl (C=O) groups excluding carboxylic acids is 8. The number of imide groups is 1. The Bertz CT molecular complexity index is 2390. The van der Waals surface area contributed by atoms with Gasteiger partial charge < -0.3 is 39.3 Å². The fourth-order valence-electron chi connectivity index (χ4n) is 11.4. The molecule has 444 valence electrons. The molecule has 2 aromatic carbocycles. The summed E-state index contributed by atoms with van der Waals surface area (Å²) in [7, 11) is 6.23. The summed E-state index contributed by atoms with van der Waals surface area (Å²) >= 11 is 1.39. The maximum Gasteiger partial charge on any atom is 0.410 e. The third-order valence-electron chi connectivity index (χ3n) is 16.3. The number of amides is 5. The number of aliphatic carboxylic acids is 1. The molecule has 2 fully saturated rings. The van der Waals surface area contributed by atoms with Crippen molar-refractivity contribution in [2.75, 3.05) is 59.5 Å². The molecule has 0 aromatic heterocycles. The third kappa shape index (κ3) is 18.7. The molecule has 2 unspecified atom stereocenters. The summed E-state index contributed by atoms with van der Waals surface area (Å²) in [4.78, 5) is 126. The van der Waals surface area contributed by atoms with Gasteiger partial charge in [0.25, 0.3) is 0 Å². The monoisotopic (exact) mass is 1130 g/mol. The number of likely N-dealkylation sites (N-methyl/N-ethyl adjacent to an activating group) is 2. The highest BCUT2D eigenvalue weighted by molar-refractivity contribution is 8.00. The van der Waals surface area contributed by atoms with Gasteiger partial charge in [-0.1, -0.05) is 104 Å². The summed E-state index contributed by atoms with van der Waals surface area (Å²) in [5.41, 5.74) is 2.23. The number of hydrogen-bond acceptors (Lipinski definition) is 14. The average Bonchev–Trinajstić information content (AvgIpc) is 4.05. The number of likely N-dealkylation sites (tertiary alicyclic amines) is 2. The van der Waals surface area contributed by atoms with Crippen molar-refractivity contribution in [1.82, 2.24) is 19.6 Å². The van der Waals surface area contributed by atoms with E-state index >= 15 is 0 Å². The second kappa shape index (κ2) is 32.7.